The molecule has 31 heavy (non-hydrogen) atoms. The maximum atomic E-state index is 12.9. The van der Waals surface area contributed by atoms with Crippen molar-refractivity contribution in [1.82, 2.24) is 0 Å². The molecule has 0 radical (unpaired) electrons. The van der Waals surface area contributed by atoms with Crippen LogP contribution < -0.4 is 19.7 Å². The summed E-state index contributed by atoms with van der Waals surface area (Å²) < 4.78 is 10.5. The van der Waals surface area contributed by atoms with Crippen LogP contribution in [0.15, 0.2) is 60.7 Å². The van der Waals surface area contributed by atoms with Gasteiger partial charge in [-0.25, -0.2) is 4.90 Å². The third-order valence-electron chi connectivity index (χ3n) is 5.16. The van der Waals surface area contributed by atoms with E-state index in [4.69, 9.17) is 9.47 Å². The van der Waals surface area contributed by atoms with E-state index in [0.29, 0.717) is 45.1 Å². The standard InChI is InChI=1S/C24H20N2O5/c1-14-8-9-15(22(27)25-19-11-10-16(30-2)13-21(19)31-3)12-20(14)26-23(28)17-6-4-5-7-18(17)24(26)29/h4-13H,1-3H3,(H,25,27). The van der Waals surface area contributed by atoms with Gasteiger partial charge in [-0.15, -0.1) is 0 Å². The second kappa shape index (κ2) is 7.95. The van der Waals surface area contributed by atoms with Crippen LogP contribution in [0, 0.1) is 6.92 Å². The molecular formula is C24H20N2O5. The average Bonchev–Trinajstić information content (AvgIpc) is 3.04. The third-order valence-corrected chi connectivity index (χ3v) is 5.16. The molecule has 156 valence electrons. The summed E-state index contributed by atoms with van der Waals surface area (Å²) in [5, 5.41) is 2.80. The zero-order valence-electron chi connectivity index (χ0n) is 17.3. The van der Waals surface area contributed by atoms with Crippen molar-refractivity contribution in [3.05, 3.63) is 82.9 Å². The van der Waals surface area contributed by atoms with E-state index >= 15 is 0 Å². The lowest BCUT2D eigenvalue weighted by molar-refractivity contribution is 0.0923. The van der Waals surface area contributed by atoms with Gasteiger partial charge >= 0.3 is 0 Å². The molecule has 0 bridgehead atoms. The van der Waals surface area contributed by atoms with Gasteiger partial charge < -0.3 is 14.8 Å². The highest BCUT2D eigenvalue weighted by molar-refractivity contribution is 6.34. The molecule has 0 saturated carbocycles. The number of amides is 3. The number of nitrogens with zero attached hydrogens (tertiary/aromatic N) is 1. The molecule has 3 aromatic rings. The molecule has 1 aliphatic rings. The summed E-state index contributed by atoms with van der Waals surface area (Å²) in [4.78, 5) is 39.7. The summed E-state index contributed by atoms with van der Waals surface area (Å²) in [7, 11) is 3.04. The van der Waals surface area contributed by atoms with Gasteiger partial charge in [0.05, 0.1) is 36.7 Å². The van der Waals surface area contributed by atoms with Crippen molar-refractivity contribution in [2.24, 2.45) is 0 Å². The van der Waals surface area contributed by atoms with Crippen LogP contribution in [0.25, 0.3) is 0 Å². The molecule has 1 heterocycles. The second-order valence-corrected chi connectivity index (χ2v) is 7.01. The monoisotopic (exact) mass is 416 g/mol. The fraction of sp³-hybridized carbons (Fsp3) is 0.125. The number of carbonyl (C=O) groups excluding carboxylic acids is 3. The van der Waals surface area contributed by atoms with Crippen LogP contribution in [0.5, 0.6) is 11.5 Å². The maximum absolute atomic E-state index is 12.9. The number of benzene rings is 3. The molecule has 0 aromatic heterocycles. The molecule has 0 spiro atoms. The van der Waals surface area contributed by atoms with E-state index in [9.17, 15) is 14.4 Å². The molecule has 0 fully saturated rings. The van der Waals surface area contributed by atoms with Crippen LogP contribution in [-0.2, 0) is 0 Å². The van der Waals surface area contributed by atoms with Gasteiger partial charge in [0.25, 0.3) is 17.7 Å². The van der Waals surface area contributed by atoms with E-state index in [0.717, 1.165) is 4.90 Å². The maximum Gasteiger partial charge on any atom is 0.266 e. The summed E-state index contributed by atoms with van der Waals surface area (Å²) in [6, 6.07) is 16.6. The van der Waals surface area contributed by atoms with E-state index in [1.54, 1.807) is 74.7 Å². The van der Waals surface area contributed by atoms with Gasteiger partial charge in [-0.05, 0) is 48.9 Å². The minimum Gasteiger partial charge on any atom is -0.497 e. The summed E-state index contributed by atoms with van der Waals surface area (Å²) in [6.07, 6.45) is 0. The van der Waals surface area contributed by atoms with Gasteiger partial charge in [0, 0.05) is 11.6 Å². The molecule has 7 nitrogen and oxygen atoms in total. The Morgan fingerprint density at radius 3 is 2.16 bits per heavy atom. The van der Waals surface area contributed by atoms with Crippen LogP contribution in [0.4, 0.5) is 11.4 Å². The quantitative estimate of drug-likeness (QED) is 0.634. The van der Waals surface area contributed by atoms with Crippen molar-refractivity contribution < 1.29 is 23.9 Å². The first-order valence-electron chi connectivity index (χ1n) is 9.56. The molecule has 0 atom stereocenters. The molecule has 0 saturated heterocycles. The van der Waals surface area contributed by atoms with Gasteiger partial charge in [-0.1, -0.05) is 18.2 Å². The first-order valence-corrected chi connectivity index (χ1v) is 9.56. The normalized spacial score (nSPS) is 12.5. The molecule has 3 amide bonds. The van der Waals surface area contributed by atoms with Crippen molar-refractivity contribution in [2.45, 2.75) is 6.92 Å². The fourth-order valence-corrected chi connectivity index (χ4v) is 3.50. The topological polar surface area (TPSA) is 84.9 Å². The molecule has 0 unspecified atom stereocenters. The minimum atomic E-state index is -0.405. The van der Waals surface area contributed by atoms with Gasteiger partial charge in [0.1, 0.15) is 11.5 Å². The first-order chi connectivity index (χ1) is 14.9. The highest BCUT2D eigenvalue weighted by atomic mass is 16.5. The predicted octanol–water partition coefficient (Wildman–Crippen LogP) is 4.07. The van der Waals surface area contributed by atoms with Gasteiger partial charge in [0.2, 0.25) is 0 Å². The Kier molecular flexibility index (Phi) is 5.17. The van der Waals surface area contributed by atoms with Crippen LogP contribution in [0.3, 0.4) is 0 Å². The molecular weight excluding hydrogens is 396 g/mol. The Labute approximate surface area is 179 Å². The van der Waals surface area contributed by atoms with Crippen molar-refractivity contribution in [2.75, 3.05) is 24.4 Å². The highest BCUT2D eigenvalue weighted by Crippen LogP contribution is 2.32. The molecule has 4 rings (SSSR count). The lowest BCUT2D eigenvalue weighted by Gasteiger charge is -2.18. The Bertz CT molecular complexity index is 1180. The summed E-state index contributed by atoms with van der Waals surface area (Å²) >= 11 is 0. The van der Waals surface area contributed by atoms with Crippen LogP contribution in [0.1, 0.15) is 36.6 Å². The average molecular weight is 416 g/mol. The number of aryl methyl sites for hydroxylation is 1. The molecule has 3 aromatic carbocycles. The Morgan fingerprint density at radius 1 is 0.871 bits per heavy atom. The summed E-state index contributed by atoms with van der Waals surface area (Å²) in [5.41, 5.74) is 2.55. The Hall–Kier alpha value is -4.13. The number of nitrogens with one attached hydrogen (secondary N) is 1. The van der Waals surface area contributed by atoms with Crippen LogP contribution >= 0.6 is 0 Å². The number of anilines is 2. The number of carbonyl (C=O) groups is 3. The highest BCUT2D eigenvalue weighted by Gasteiger charge is 2.37. The second-order valence-electron chi connectivity index (χ2n) is 7.01. The number of ether oxygens (including phenoxy) is 2. The first kappa shape index (κ1) is 20.2. The van der Waals surface area contributed by atoms with Crippen molar-refractivity contribution >= 4 is 29.1 Å². The van der Waals surface area contributed by atoms with Crippen LogP contribution in [0.2, 0.25) is 0 Å². The van der Waals surface area contributed by atoms with E-state index in [1.807, 2.05) is 0 Å². The zero-order chi connectivity index (χ0) is 22.1. The summed E-state index contributed by atoms with van der Waals surface area (Å²) in [6.45, 7) is 1.78. The Morgan fingerprint density at radius 2 is 1.55 bits per heavy atom. The number of hydrogen-bond donors (Lipinski definition) is 1. The predicted molar refractivity (Wildman–Crippen MR) is 116 cm³/mol. The van der Waals surface area contributed by atoms with Crippen molar-refractivity contribution in [3.8, 4) is 11.5 Å². The number of methoxy groups -OCH3 is 2. The van der Waals surface area contributed by atoms with Gasteiger partial charge in [-0.2, -0.15) is 0 Å². The number of rotatable bonds is 5. The molecule has 0 aliphatic carbocycles. The SMILES string of the molecule is COc1ccc(NC(=O)c2ccc(C)c(N3C(=O)c4ccccc4C3=O)c2)c(OC)c1. The smallest absolute Gasteiger partial charge is 0.266 e. The number of hydrogen-bond acceptors (Lipinski definition) is 5. The lowest BCUT2D eigenvalue weighted by atomic mass is 10.1. The molecule has 7 heteroatoms. The van der Waals surface area contributed by atoms with E-state index < -0.39 is 17.7 Å². The van der Waals surface area contributed by atoms with Gasteiger partial charge in [0.15, 0.2) is 0 Å². The van der Waals surface area contributed by atoms with Crippen molar-refractivity contribution in [1.29, 1.82) is 0 Å². The van der Waals surface area contributed by atoms with E-state index in [-0.39, 0.29) is 0 Å². The zero-order valence-corrected chi connectivity index (χ0v) is 17.3. The van der Waals surface area contributed by atoms with Crippen molar-refractivity contribution in [3.63, 3.8) is 0 Å². The lowest BCUT2D eigenvalue weighted by Crippen LogP contribution is -2.30. The number of fused-ring (bicyclic) bond motifs is 1. The number of imide groups is 1. The fourth-order valence-electron chi connectivity index (χ4n) is 3.50. The molecule has 1 N–H and O–H groups in total. The minimum absolute atomic E-state index is 0.301. The van der Waals surface area contributed by atoms with E-state index in [1.165, 1.54) is 7.11 Å². The largest absolute Gasteiger partial charge is 0.497 e. The van der Waals surface area contributed by atoms with E-state index in [2.05, 4.69) is 5.32 Å². The molecule has 1 aliphatic heterocycles. The Balaban J connectivity index is 1.66. The summed E-state index contributed by atoms with van der Waals surface area (Å²) in [5.74, 6) is -0.170. The van der Waals surface area contributed by atoms with Crippen LogP contribution in [-0.4, -0.2) is 31.9 Å². The third kappa shape index (κ3) is 3.50. The van der Waals surface area contributed by atoms with Gasteiger partial charge in [-0.3, -0.25) is 14.4 Å².